The minimum atomic E-state index is -0.463. The molecule has 3 N–H and O–H groups in total. The fourth-order valence-corrected chi connectivity index (χ4v) is 1.80. The summed E-state index contributed by atoms with van der Waals surface area (Å²) in [7, 11) is 1.66. The molecule has 4 nitrogen and oxygen atoms in total. The molecule has 0 amide bonds. The molecule has 1 heterocycles. The molecule has 0 bridgehead atoms. The first-order valence-corrected chi connectivity index (χ1v) is 5.92. The van der Waals surface area contributed by atoms with Crippen LogP contribution in [0.1, 0.15) is 25.4 Å². The average molecular weight is 245 g/mol. The SMILES string of the molecule is COc1ccc(-c2nc(C(C)(C)N)[nH]c2C)cc1. The van der Waals surface area contributed by atoms with Crippen LogP contribution in [0.4, 0.5) is 0 Å². The molecule has 1 aromatic carbocycles. The molecule has 0 fully saturated rings. The van der Waals surface area contributed by atoms with E-state index in [2.05, 4.69) is 9.97 Å². The molecule has 0 atom stereocenters. The molecule has 0 spiro atoms. The second-order valence-electron chi connectivity index (χ2n) is 5.01. The maximum Gasteiger partial charge on any atom is 0.126 e. The van der Waals surface area contributed by atoms with Gasteiger partial charge in [0.05, 0.1) is 18.3 Å². The molecular formula is C14H19N3O. The second-order valence-corrected chi connectivity index (χ2v) is 5.01. The molecule has 0 saturated carbocycles. The van der Waals surface area contributed by atoms with E-state index in [0.717, 1.165) is 28.5 Å². The van der Waals surface area contributed by atoms with Crippen LogP contribution in [0.3, 0.4) is 0 Å². The second kappa shape index (κ2) is 4.46. The van der Waals surface area contributed by atoms with Gasteiger partial charge in [-0.15, -0.1) is 0 Å². The van der Waals surface area contributed by atoms with Gasteiger partial charge in [-0.1, -0.05) is 0 Å². The van der Waals surface area contributed by atoms with Crippen LogP contribution in [0.15, 0.2) is 24.3 Å². The standard InChI is InChI=1S/C14H19N3O/c1-9-12(17-13(16-9)14(2,3)15)10-5-7-11(18-4)8-6-10/h5-8H,15H2,1-4H3,(H,16,17). The third-order valence-electron chi connectivity index (χ3n) is 2.86. The lowest BCUT2D eigenvalue weighted by Gasteiger charge is -2.14. The van der Waals surface area contributed by atoms with Crippen molar-refractivity contribution in [3.05, 3.63) is 35.8 Å². The first kappa shape index (κ1) is 12.6. The van der Waals surface area contributed by atoms with Crippen molar-refractivity contribution in [3.63, 3.8) is 0 Å². The number of ether oxygens (including phenoxy) is 1. The predicted octanol–water partition coefficient (Wildman–Crippen LogP) is 2.59. The number of imidazole rings is 1. The number of rotatable bonds is 3. The number of hydrogen-bond acceptors (Lipinski definition) is 3. The minimum absolute atomic E-state index is 0.463. The van der Waals surface area contributed by atoms with Crippen LogP contribution in [0, 0.1) is 6.92 Å². The summed E-state index contributed by atoms with van der Waals surface area (Å²) >= 11 is 0. The third-order valence-corrected chi connectivity index (χ3v) is 2.86. The summed E-state index contributed by atoms with van der Waals surface area (Å²) in [5.74, 6) is 1.64. The topological polar surface area (TPSA) is 63.9 Å². The Labute approximate surface area is 107 Å². The van der Waals surface area contributed by atoms with Crippen LogP contribution in [0.25, 0.3) is 11.3 Å². The Balaban J connectivity index is 2.41. The summed E-state index contributed by atoms with van der Waals surface area (Å²) in [5, 5.41) is 0. The van der Waals surface area contributed by atoms with Crippen molar-refractivity contribution in [1.82, 2.24) is 9.97 Å². The van der Waals surface area contributed by atoms with Gasteiger partial charge in [-0.05, 0) is 45.0 Å². The summed E-state index contributed by atoms with van der Waals surface area (Å²) in [5.41, 5.74) is 8.60. The zero-order valence-electron chi connectivity index (χ0n) is 11.2. The van der Waals surface area contributed by atoms with E-state index in [1.54, 1.807) is 7.11 Å². The lowest BCUT2D eigenvalue weighted by molar-refractivity contribution is 0.415. The van der Waals surface area contributed by atoms with E-state index < -0.39 is 5.54 Å². The number of nitrogens with zero attached hydrogens (tertiary/aromatic N) is 1. The predicted molar refractivity (Wildman–Crippen MR) is 72.5 cm³/mol. The van der Waals surface area contributed by atoms with E-state index in [-0.39, 0.29) is 0 Å². The summed E-state index contributed by atoms with van der Waals surface area (Å²) in [6.07, 6.45) is 0. The van der Waals surface area contributed by atoms with Crippen LogP contribution in [0.2, 0.25) is 0 Å². The molecule has 0 radical (unpaired) electrons. The number of H-pyrrole nitrogens is 1. The molecule has 4 heteroatoms. The van der Waals surface area contributed by atoms with Gasteiger partial charge in [0.15, 0.2) is 0 Å². The molecule has 0 unspecified atom stereocenters. The van der Waals surface area contributed by atoms with Crippen LogP contribution in [0.5, 0.6) is 5.75 Å². The number of aryl methyl sites for hydroxylation is 1. The number of hydrogen-bond donors (Lipinski definition) is 2. The Morgan fingerprint density at radius 1 is 1.22 bits per heavy atom. The molecule has 0 aliphatic rings. The Hall–Kier alpha value is -1.81. The minimum Gasteiger partial charge on any atom is -0.497 e. The van der Waals surface area contributed by atoms with Crippen LogP contribution >= 0.6 is 0 Å². The van der Waals surface area contributed by atoms with Gasteiger partial charge < -0.3 is 15.5 Å². The van der Waals surface area contributed by atoms with Gasteiger partial charge in [-0.2, -0.15) is 0 Å². The number of aromatic amines is 1. The molecule has 1 aromatic heterocycles. The molecule has 0 aliphatic carbocycles. The van der Waals surface area contributed by atoms with Gasteiger partial charge in [-0.25, -0.2) is 4.98 Å². The maximum absolute atomic E-state index is 6.05. The van der Waals surface area contributed by atoms with Gasteiger partial charge in [0.2, 0.25) is 0 Å². The number of nitrogens with two attached hydrogens (primary N) is 1. The molecule has 96 valence electrons. The third kappa shape index (κ3) is 2.38. The van der Waals surface area contributed by atoms with Gasteiger partial charge in [-0.3, -0.25) is 0 Å². The number of aromatic nitrogens is 2. The van der Waals surface area contributed by atoms with Crippen molar-refractivity contribution in [3.8, 4) is 17.0 Å². The van der Waals surface area contributed by atoms with Crippen molar-refractivity contribution in [1.29, 1.82) is 0 Å². The van der Waals surface area contributed by atoms with Gasteiger partial charge >= 0.3 is 0 Å². The zero-order chi connectivity index (χ0) is 13.3. The summed E-state index contributed by atoms with van der Waals surface area (Å²) < 4.78 is 5.15. The Kier molecular flexibility index (Phi) is 3.13. The Morgan fingerprint density at radius 2 is 1.83 bits per heavy atom. The fourth-order valence-electron chi connectivity index (χ4n) is 1.80. The van der Waals surface area contributed by atoms with E-state index in [1.165, 1.54) is 0 Å². The first-order valence-electron chi connectivity index (χ1n) is 5.92. The normalized spacial score (nSPS) is 11.6. The average Bonchev–Trinajstić information content (AvgIpc) is 2.71. The highest BCUT2D eigenvalue weighted by molar-refractivity contribution is 5.63. The summed E-state index contributed by atoms with van der Waals surface area (Å²) in [6.45, 7) is 5.87. The lowest BCUT2D eigenvalue weighted by atomic mass is 10.1. The number of benzene rings is 1. The smallest absolute Gasteiger partial charge is 0.126 e. The summed E-state index contributed by atoms with van der Waals surface area (Å²) in [4.78, 5) is 7.83. The van der Waals surface area contributed by atoms with Crippen LogP contribution in [-0.4, -0.2) is 17.1 Å². The van der Waals surface area contributed by atoms with E-state index in [4.69, 9.17) is 10.5 Å². The fraction of sp³-hybridized carbons (Fsp3) is 0.357. The van der Waals surface area contributed by atoms with Crippen molar-refractivity contribution < 1.29 is 4.74 Å². The van der Waals surface area contributed by atoms with Crippen molar-refractivity contribution in [2.75, 3.05) is 7.11 Å². The molecule has 0 saturated heterocycles. The highest BCUT2D eigenvalue weighted by Gasteiger charge is 2.20. The highest BCUT2D eigenvalue weighted by Crippen LogP contribution is 2.26. The quantitative estimate of drug-likeness (QED) is 0.873. The Morgan fingerprint density at radius 3 is 2.28 bits per heavy atom. The molecule has 0 aliphatic heterocycles. The molecule has 18 heavy (non-hydrogen) atoms. The number of nitrogens with one attached hydrogen (secondary N) is 1. The van der Waals surface area contributed by atoms with Crippen molar-refractivity contribution >= 4 is 0 Å². The highest BCUT2D eigenvalue weighted by atomic mass is 16.5. The van der Waals surface area contributed by atoms with E-state index in [0.29, 0.717) is 0 Å². The van der Waals surface area contributed by atoms with Gasteiger partial charge in [0, 0.05) is 11.3 Å². The van der Waals surface area contributed by atoms with Crippen molar-refractivity contribution in [2.45, 2.75) is 26.3 Å². The largest absolute Gasteiger partial charge is 0.497 e. The van der Waals surface area contributed by atoms with E-state index >= 15 is 0 Å². The maximum atomic E-state index is 6.05. The first-order chi connectivity index (χ1) is 8.41. The molecule has 2 rings (SSSR count). The monoisotopic (exact) mass is 245 g/mol. The van der Waals surface area contributed by atoms with Gasteiger partial charge in [0.25, 0.3) is 0 Å². The van der Waals surface area contributed by atoms with Crippen molar-refractivity contribution in [2.24, 2.45) is 5.73 Å². The lowest BCUT2D eigenvalue weighted by Crippen LogP contribution is -2.30. The van der Waals surface area contributed by atoms with Gasteiger partial charge in [0.1, 0.15) is 11.6 Å². The van der Waals surface area contributed by atoms with Crippen LogP contribution < -0.4 is 10.5 Å². The molecular weight excluding hydrogens is 226 g/mol. The van der Waals surface area contributed by atoms with E-state index in [9.17, 15) is 0 Å². The molecule has 2 aromatic rings. The van der Waals surface area contributed by atoms with E-state index in [1.807, 2.05) is 45.0 Å². The number of methoxy groups -OCH3 is 1. The zero-order valence-corrected chi connectivity index (χ0v) is 11.2. The van der Waals surface area contributed by atoms with Crippen LogP contribution in [-0.2, 0) is 5.54 Å². The summed E-state index contributed by atoms with van der Waals surface area (Å²) in [6, 6.07) is 7.85. The Bertz CT molecular complexity index is 535.